The van der Waals surface area contributed by atoms with Crippen molar-refractivity contribution in [1.29, 1.82) is 0 Å². The molecule has 2 aromatic rings. The molecule has 2 heterocycles. The first kappa shape index (κ1) is 21.1. The lowest BCUT2D eigenvalue weighted by molar-refractivity contribution is -0.125. The highest BCUT2D eigenvalue weighted by Crippen LogP contribution is 2.46. The molecule has 1 aromatic carbocycles. The average Bonchev–Trinajstić information content (AvgIpc) is 3.59. The van der Waals surface area contributed by atoms with Crippen molar-refractivity contribution in [2.45, 2.75) is 18.4 Å². The van der Waals surface area contributed by atoms with Gasteiger partial charge in [0.15, 0.2) is 28.7 Å². The van der Waals surface area contributed by atoms with Crippen LogP contribution in [0.4, 0.5) is 17.3 Å². The van der Waals surface area contributed by atoms with Crippen LogP contribution in [0.1, 0.15) is 12.8 Å². The first-order valence-electron chi connectivity index (χ1n) is 9.80. The Bertz CT molecular complexity index is 1130. The number of aromatic nitrogens is 1. The maximum absolute atomic E-state index is 12.2. The highest BCUT2D eigenvalue weighted by atomic mass is 16.5. The van der Waals surface area contributed by atoms with Crippen LogP contribution < -0.4 is 30.2 Å². The van der Waals surface area contributed by atoms with Gasteiger partial charge in [-0.05, 0) is 31.0 Å². The fourth-order valence-electron chi connectivity index (χ4n) is 3.10. The van der Waals surface area contributed by atoms with Gasteiger partial charge in [0, 0.05) is 31.6 Å². The number of amides is 1. The fraction of sp³-hybridized carbons (Fsp3) is 0.286. The molecule has 11 nitrogen and oxygen atoms in total. The fourth-order valence-corrected chi connectivity index (χ4v) is 3.10. The molecule has 0 saturated heterocycles. The van der Waals surface area contributed by atoms with Crippen molar-refractivity contribution in [2.24, 2.45) is 15.0 Å². The molecule has 1 fully saturated rings. The van der Waals surface area contributed by atoms with Crippen LogP contribution in [0.2, 0.25) is 0 Å². The summed E-state index contributed by atoms with van der Waals surface area (Å²) in [6.45, 7) is 3.55. The van der Waals surface area contributed by atoms with Gasteiger partial charge in [-0.25, -0.2) is 9.98 Å². The van der Waals surface area contributed by atoms with E-state index in [0.29, 0.717) is 47.4 Å². The van der Waals surface area contributed by atoms with E-state index in [-0.39, 0.29) is 17.8 Å². The molecular weight excluding hydrogens is 414 g/mol. The van der Waals surface area contributed by atoms with Crippen molar-refractivity contribution >= 4 is 41.9 Å². The summed E-state index contributed by atoms with van der Waals surface area (Å²) in [4.78, 5) is 29.0. The van der Waals surface area contributed by atoms with Gasteiger partial charge in [0.05, 0.1) is 14.2 Å². The number of carbonyl (C=O) groups excluding carboxylic acids is 1. The molecule has 1 aromatic heterocycles. The van der Waals surface area contributed by atoms with Crippen LogP contribution in [0, 0.1) is 0 Å². The molecule has 0 atom stereocenters. The Labute approximate surface area is 184 Å². The molecule has 1 aliphatic heterocycles. The number of benzene rings is 1. The van der Waals surface area contributed by atoms with Gasteiger partial charge in [-0.1, -0.05) is 0 Å². The predicted octanol–water partition coefficient (Wildman–Crippen LogP) is 2.53. The first-order valence-corrected chi connectivity index (χ1v) is 9.80. The Hall–Kier alpha value is -4.15. The Morgan fingerprint density at radius 2 is 1.94 bits per heavy atom. The normalized spacial score (nSPS) is 16.4. The first-order chi connectivity index (χ1) is 15.5. The van der Waals surface area contributed by atoms with Crippen LogP contribution in [0.3, 0.4) is 0 Å². The summed E-state index contributed by atoms with van der Waals surface area (Å²) in [5.74, 6) is 2.73. The second-order valence-electron chi connectivity index (χ2n) is 7.05. The molecule has 166 valence electrons. The summed E-state index contributed by atoms with van der Waals surface area (Å²) >= 11 is 0. The summed E-state index contributed by atoms with van der Waals surface area (Å²) < 4.78 is 16.3. The maximum Gasteiger partial charge on any atom is 0.269 e. The third-order valence-electron chi connectivity index (χ3n) is 4.97. The number of hydrogen-bond acceptors (Lipinski definition) is 6. The van der Waals surface area contributed by atoms with E-state index in [0.717, 1.165) is 0 Å². The van der Waals surface area contributed by atoms with Gasteiger partial charge in [-0.15, -0.1) is 0 Å². The Morgan fingerprint density at radius 1 is 1.16 bits per heavy atom. The van der Waals surface area contributed by atoms with Gasteiger partial charge in [-0.3, -0.25) is 9.79 Å². The molecule has 1 saturated carbocycles. The number of methoxy groups -OCH3 is 2. The third-order valence-corrected chi connectivity index (χ3v) is 4.97. The molecule has 11 heteroatoms. The van der Waals surface area contributed by atoms with E-state index in [4.69, 9.17) is 14.2 Å². The molecule has 0 radical (unpaired) electrons. The molecule has 0 bridgehead atoms. The van der Waals surface area contributed by atoms with Crippen molar-refractivity contribution in [3.63, 3.8) is 0 Å². The maximum atomic E-state index is 12.2. The zero-order chi connectivity index (χ0) is 22.7. The zero-order valence-corrected chi connectivity index (χ0v) is 17.9. The number of carbonyl (C=O) groups is 1. The van der Waals surface area contributed by atoms with Crippen molar-refractivity contribution in [1.82, 2.24) is 4.98 Å². The van der Waals surface area contributed by atoms with E-state index < -0.39 is 5.60 Å². The van der Waals surface area contributed by atoms with Gasteiger partial charge in [0.1, 0.15) is 5.82 Å². The third kappa shape index (κ3) is 4.17. The number of hydrogen-bond donors (Lipinski definition) is 3. The molecule has 3 N–H and O–H groups in total. The van der Waals surface area contributed by atoms with Crippen molar-refractivity contribution < 1.29 is 19.0 Å². The number of nitrogens with one attached hydrogen (secondary N) is 3. The summed E-state index contributed by atoms with van der Waals surface area (Å²) in [6.07, 6.45) is 1.42. The molecule has 1 amide bonds. The quantitative estimate of drug-likeness (QED) is 0.495. The summed E-state index contributed by atoms with van der Waals surface area (Å²) in [5.41, 5.74) is -0.0466. The summed E-state index contributed by atoms with van der Waals surface area (Å²) in [7, 11) is 4.69. The average molecular weight is 437 g/mol. The predicted molar refractivity (Wildman–Crippen MR) is 123 cm³/mol. The number of ether oxygens (including phenoxy) is 3. The minimum atomic E-state index is -0.718. The Balaban J connectivity index is 1.49. The number of aliphatic imine (C=N–C) groups is 3. The monoisotopic (exact) mass is 437 g/mol. The van der Waals surface area contributed by atoms with Crippen LogP contribution in [0.5, 0.6) is 17.2 Å². The topological polar surface area (TPSA) is 131 Å². The second-order valence-corrected chi connectivity index (χ2v) is 7.05. The smallest absolute Gasteiger partial charge is 0.269 e. The van der Waals surface area contributed by atoms with Gasteiger partial charge in [0.2, 0.25) is 11.9 Å². The van der Waals surface area contributed by atoms with Gasteiger partial charge >= 0.3 is 0 Å². The summed E-state index contributed by atoms with van der Waals surface area (Å²) in [6, 6.07) is 8.76. The highest BCUT2D eigenvalue weighted by Gasteiger charge is 2.55. The zero-order valence-electron chi connectivity index (χ0n) is 17.9. The number of nitrogens with zero attached hydrogens (tertiary/aromatic N) is 4. The lowest BCUT2D eigenvalue weighted by atomic mass is 10.2. The number of pyridine rings is 1. The standard InChI is InChI=1S/C21H23N7O4/c1-22-19(24-12-5-6-13(30-3)15(11-12)31-4)28-20(23-2)26-16-8-7-14-17(25-16)27-18(29)21(32-14)9-10-21/h5-8,11H,1,9-10H2,2-4H3,(H3,23,24,25,26,27,28,29). The van der Waals surface area contributed by atoms with Gasteiger partial charge in [0.25, 0.3) is 5.91 Å². The molecule has 0 unspecified atom stereocenters. The van der Waals surface area contributed by atoms with E-state index in [1.807, 2.05) is 0 Å². The molecule has 1 spiro atoms. The minimum Gasteiger partial charge on any atom is -0.493 e. The van der Waals surface area contributed by atoms with E-state index in [1.54, 1.807) is 51.6 Å². The molecule has 4 rings (SSSR count). The minimum absolute atomic E-state index is 0.172. The summed E-state index contributed by atoms with van der Waals surface area (Å²) in [5, 5.41) is 8.83. The van der Waals surface area contributed by atoms with Crippen LogP contribution in [-0.2, 0) is 4.79 Å². The number of rotatable bonds is 4. The van der Waals surface area contributed by atoms with E-state index in [1.165, 1.54) is 0 Å². The SMILES string of the molecule is C=NC(=NC(=NC)Nc1ccc2c(n1)NC(=O)C1(CC1)O2)Nc1ccc(OC)c(OC)c1. The van der Waals surface area contributed by atoms with Gasteiger partial charge in [-0.2, -0.15) is 4.99 Å². The Kier molecular flexibility index (Phi) is 5.63. The van der Waals surface area contributed by atoms with Crippen LogP contribution in [0.15, 0.2) is 45.3 Å². The van der Waals surface area contributed by atoms with E-state index in [9.17, 15) is 4.79 Å². The van der Waals surface area contributed by atoms with Crippen LogP contribution >= 0.6 is 0 Å². The van der Waals surface area contributed by atoms with Crippen LogP contribution in [-0.4, -0.2) is 56.4 Å². The van der Waals surface area contributed by atoms with Crippen molar-refractivity contribution in [3.05, 3.63) is 30.3 Å². The Morgan fingerprint density at radius 3 is 2.59 bits per heavy atom. The van der Waals surface area contributed by atoms with Crippen molar-refractivity contribution in [3.8, 4) is 17.2 Å². The largest absolute Gasteiger partial charge is 0.493 e. The van der Waals surface area contributed by atoms with Crippen molar-refractivity contribution in [2.75, 3.05) is 37.2 Å². The van der Waals surface area contributed by atoms with Crippen LogP contribution in [0.25, 0.3) is 0 Å². The molecule has 2 aliphatic rings. The van der Waals surface area contributed by atoms with E-state index >= 15 is 0 Å². The number of guanidine groups is 2. The lowest BCUT2D eigenvalue weighted by Crippen LogP contribution is -2.39. The molecule has 32 heavy (non-hydrogen) atoms. The lowest BCUT2D eigenvalue weighted by Gasteiger charge is -2.25. The second kappa shape index (κ2) is 8.53. The number of fused-ring (bicyclic) bond motifs is 1. The number of anilines is 3. The van der Waals surface area contributed by atoms with Gasteiger partial charge < -0.3 is 30.2 Å². The molecular formula is C21H23N7O4. The highest BCUT2D eigenvalue weighted by molar-refractivity contribution is 6.07. The van der Waals surface area contributed by atoms with E-state index in [2.05, 4.69) is 42.6 Å². The molecule has 1 aliphatic carbocycles.